The average molecular weight is 288 g/mol. The summed E-state index contributed by atoms with van der Waals surface area (Å²) in [6.07, 6.45) is 3.31. The number of carbonyl (C=O) groups excluding carboxylic acids is 2. The summed E-state index contributed by atoms with van der Waals surface area (Å²) in [5, 5.41) is 1.67. The first-order valence-electron chi connectivity index (χ1n) is 7.02. The maximum Gasteiger partial charge on any atom is 0.261 e. The van der Waals surface area contributed by atoms with Crippen LogP contribution >= 0.6 is 0 Å². The van der Waals surface area contributed by atoms with E-state index >= 15 is 0 Å². The second-order valence-electron chi connectivity index (χ2n) is 5.26. The van der Waals surface area contributed by atoms with Crippen molar-refractivity contribution in [1.82, 2.24) is 9.88 Å². The van der Waals surface area contributed by atoms with Gasteiger partial charge in [0.05, 0.1) is 6.54 Å². The van der Waals surface area contributed by atoms with Gasteiger partial charge in [-0.2, -0.15) is 0 Å². The molecular weight excluding hydrogens is 276 g/mol. The number of imide groups is 1. The van der Waals surface area contributed by atoms with Crippen molar-refractivity contribution in [2.45, 2.75) is 6.54 Å². The van der Waals surface area contributed by atoms with Gasteiger partial charge >= 0.3 is 0 Å². The minimum atomic E-state index is -0.244. The molecule has 4 nitrogen and oxygen atoms in total. The lowest BCUT2D eigenvalue weighted by Crippen LogP contribution is -2.39. The van der Waals surface area contributed by atoms with Gasteiger partial charge in [-0.3, -0.25) is 19.5 Å². The molecule has 0 fully saturated rings. The van der Waals surface area contributed by atoms with Crippen LogP contribution in [0.25, 0.3) is 10.8 Å². The van der Waals surface area contributed by atoms with Gasteiger partial charge in [-0.25, -0.2) is 0 Å². The highest BCUT2D eigenvalue weighted by Crippen LogP contribution is 2.30. The maximum atomic E-state index is 12.7. The standard InChI is InChI=1S/C18H12N2O2/c21-17-14-5-1-3-13-4-2-6-15(16(13)14)18(22)20(17)11-12-7-9-19-10-8-12/h1-10H,11H2. The van der Waals surface area contributed by atoms with Crippen LogP contribution in [0.1, 0.15) is 26.3 Å². The van der Waals surface area contributed by atoms with Gasteiger partial charge < -0.3 is 0 Å². The molecule has 0 aliphatic carbocycles. The Morgan fingerprint density at radius 3 is 2.00 bits per heavy atom. The van der Waals surface area contributed by atoms with Crippen LogP contribution in [-0.4, -0.2) is 21.7 Å². The molecule has 4 heteroatoms. The molecule has 1 aliphatic rings. The molecular formula is C18H12N2O2. The van der Waals surface area contributed by atoms with Crippen molar-refractivity contribution in [3.8, 4) is 0 Å². The highest BCUT2D eigenvalue weighted by Gasteiger charge is 2.32. The van der Waals surface area contributed by atoms with Crippen LogP contribution in [0, 0.1) is 0 Å². The van der Waals surface area contributed by atoms with E-state index in [0.717, 1.165) is 16.3 Å². The zero-order valence-electron chi connectivity index (χ0n) is 11.7. The number of benzene rings is 2. The minimum Gasteiger partial charge on any atom is -0.270 e. The molecule has 2 aromatic carbocycles. The van der Waals surface area contributed by atoms with E-state index in [1.165, 1.54) is 4.90 Å². The normalized spacial score (nSPS) is 13.7. The molecule has 0 unspecified atom stereocenters. The van der Waals surface area contributed by atoms with Gasteiger partial charge in [-0.1, -0.05) is 24.3 Å². The number of aromatic nitrogens is 1. The number of carbonyl (C=O) groups is 2. The molecule has 0 spiro atoms. The summed E-state index contributed by atoms with van der Waals surface area (Å²) in [6.45, 7) is 0.255. The average Bonchev–Trinajstić information content (AvgIpc) is 2.57. The van der Waals surface area contributed by atoms with E-state index in [4.69, 9.17) is 0 Å². The molecule has 0 radical (unpaired) electrons. The Hall–Kier alpha value is -3.01. The maximum absolute atomic E-state index is 12.7. The van der Waals surface area contributed by atoms with E-state index in [2.05, 4.69) is 4.98 Å². The molecule has 4 rings (SSSR count). The predicted octanol–water partition coefficient (Wildman–Crippen LogP) is 3.03. The Labute approximate surface area is 127 Å². The van der Waals surface area contributed by atoms with E-state index in [9.17, 15) is 9.59 Å². The van der Waals surface area contributed by atoms with Crippen LogP contribution in [0.5, 0.6) is 0 Å². The quantitative estimate of drug-likeness (QED) is 0.681. The van der Waals surface area contributed by atoms with E-state index < -0.39 is 0 Å². The van der Waals surface area contributed by atoms with E-state index in [1.807, 2.05) is 36.4 Å². The lowest BCUT2D eigenvalue weighted by atomic mass is 9.94. The Morgan fingerprint density at radius 1 is 0.818 bits per heavy atom. The van der Waals surface area contributed by atoms with Crippen molar-refractivity contribution in [2.75, 3.05) is 0 Å². The Morgan fingerprint density at radius 2 is 1.41 bits per heavy atom. The molecule has 1 aliphatic heterocycles. The topological polar surface area (TPSA) is 50.3 Å². The minimum absolute atomic E-state index is 0.244. The zero-order chi connectivity index (χ0) is 15.1. The van der Waals surface area contributed by atoms with Crippen LogP contribution in [0.15, 0.2) is 60.9 Å². The summed E-state index contributed by atoms with van der Waals surface area (Å²) in [5.41, 5.74) is 2.05. The fraction of sp³-hybridized carbons (Fsp3) is 0.0556. The number of rotatable bonds is 2. The van der Waals surface area contributed by atoms with Crippen molar-refractivity contribution in [3.63, 3.8) is 0 Å². The third kappa shape index (κ3) is 1.81. The lowest BCUT2D eigenvalue weighted by molar-refractivity contribution is 0.0598. The smallest absolute Gasteiger partial charge is 0.261 e. The third-order valence-electron chi connectivity index (χ3n) is 3.95. The van der Waals surface area contributed by atoms with Crippen LogP contribution < -0.4 is 0 Å². The summed E-state index contributed by atoms with van der Waals surface area (Å²) in [4.78, 5) is 30.7. The van der Waals surface area contributed by atoms with Crippen molar-refractivity contribution < 1.29 is 9.59 Å². The van der Waals surface area contributed by atoms with Crippen LogP contribution in [0.4, 0.5) is 0 Å². The fourth-order valence-electron chi connectivity index (χ4n) is 2.89. The number of nitrogens with zero attached hydrogens (tertiary/aromatic N) is 2. The predicted molar refractivity (Wildman–Crippen MR) is 82.4 cm³/mol. The molecule has 0 N–H and O–H groups in total. The van der Waals surface area contributed by atoms with E-state index in [1.54, 1.807) is 24.5 Å². The number of pyridine rings is 1. The van der Waals surface area contributed by atoms with Gasteiger partial charge in [0.15, 0.2) is 0 Å². The molecule has 0 atom stereocenters. The van der Waals surface area contributed by atoms with E-state index in [0.29, 0.717) is 11.1 Å². The summed E-state index contributed by atoms with van der Waals surface area (Å²) in [6, 6.07) is 14.7. The molecule has 0 saturated carbocycles. The lowest BCUT2D eigenvalue weighted by Gasteiger charge is -2.27. The zero-order valence-corrected chi connectivity index (χ0v) is 11.7. The van der Waals surface area contributed by atoms with E-state index in [-0.39, 0.29) is 18.4 Å². The second kappa shape index (κ2) is 4.77. The van der Waals surface area contributed by atoms with Crippen LogP contribution in [0.3, 0.4) is 0 Å². The Balaban J connectivity index is 1.85. The highest BCUT2D eigenvalue weighted by molar-refractivity contribution is 6.25. The summed E-state index contributed by atoms with van der Waals surface area (Å²) in [7, 11) is 0. The molecule has 1 aromatic heterocycles. The number of hydrogen-bond donors (Lipinski definition) is 0. The molecule has 0 bridgehead atoms. The van der Waals surface area contributed by atoms with Crippen LogP contribution in [-0.2, 0) is 6.54 Å². The van der Waals surface area contributed by atoms with Gasteiger partial charge in [0, 0.05) is 28.9 Å². The second-order valence-corrected chi connectivity index (χ2v) is 5.26. The van der Waals surface area contributed by atoms with Crippen molar-refractivity contribution >= 4 is 22.6 Å². The van der Waals surface area contributed by atoms with Gasteiger partial charge in [0.25, 0.3) is 11.8 Å². The summed E-state index contributed by atoms with van der Waals surface area (Å²) >= 11 is 0. The third-order valence-corrected chi connectivity index (χ3v) is 3.95. The van der Waals surface area contributed by atoms with Gasteiger partial charge in [0.2, 0.25) is 0 Å². The Kier molecular flexibility index (Phi) is 2.76. The molecule has 2 amide bonds. The number of amides is 2. The largest absolute Gasteiger partial charge is 0.270 e. The Bertz CT molecular complexity index is 853. The molecule has 3 aromatic rings. The first-order valence-corrected chi connectivity index (χ1v) is 7.02. The first kappa shape index (κ1) is 12.7. The van der Waals surface area contributed by atoms with Gasteiger partial charge in [-0.05, 0) is 35.2 Å². The molecule has 2 heterocycles. The molecule has 22 heavy (non-hydrogen) atoms. The molecule has 0 saturated heterocycles. The highest BCUT2D eigenvalue weighted by atomic mass is 16.2. The fourth-order valence-corrected chi connectivity index (χ4v) is 2.89. The SMILES string of the molecule is O=C1c2cccc3cccc(c23)C(=O)N1Cc1ccncc1. The van der Waals surface area contributed by atoms with Crippen molar-refractivity contribution in [1.29, 1.82) is 0 Å². The van der Waals surface area contributed by atoms with Crippen LogP contribution in [0.2, 0.25) is 0 Å². The van der Waals surface area contributed by atoms with Gasteiger partial charge in [0.1, 0.15) is 0 Å². The van der Waals surface area contributed by atoms with Gasteiger partial charge in [-0.15, -0.1) is 0 Å². The van der Waals surface area contributed by atoms with Crippen molar-refractivity contribution in [2.24, 2.45) is 0 Å². The summed E-state index contributed by atoms with van der Waals surface area (Å²) < 4.78 is 0. The monoisotopic (exact) mass is 288 g/mol. The number of hydrogen-bond acceptors (Lipinski definition) is 3. The molecule has 106 valence electrons. The van der Waals surface area contributed by atoms with Crippen molar-refractivity contribution in [3.05, 3.63) is 77.6 Å². The summed E-state index contributed by atoms with van der Waals surface area (Å²) in [5.74, 6) is -0.489. The first-order chi connectivity index (χ1) is 10.8.